The number of hydrogen-bond acceptors (Lipinski definition) is 16. The Bertz CT molecular complexity index is 1510. The Balaban J connectivity index is 1.62. The van der Waals surface area contributed by atoms with Crippen molar-refractivity contribution in [2.45, 2.75) is 55.3 Å². The lowest BCUT2D eigenvalue weighted by Gasteiger charge is -2.44. The molecule has 0 radical (unpaired) electrons. The van der Waals surface area contributed by atoms with Crippen molar-refractivity contribution in [1.29, 1.82) is 0 Å². The summed E-state index contributed by atoms with van der Waals surface area (Å²) < 4.78 is 28.0. The molecule has 2 saturated heterocycles. The molecule has 0 saturated carbocycles. The third-order valence-electron chi connectivity index (χ3n) is 6.96. The summed E-state index contributed by atoms with van der Waals surface area (Å²) in [6, 6.07) is 5.21. The number of fused-ring (bicyclic) bond motifs is 1. The second-order valence-corrected chi connectivity index (χ2v) is 9.81. The van der Waals surface area contributed by atoms with Crippen molar-refractivity contribution in [3.05, 3.63) is 40.6 Å². The van der Waals surface area contributed by atoms with Crippen LogP contribution in [0.25, 0.3) is 22.3 Å². The summed E-state index contributed by atoms with van der Waals surface area (Å²) >= 11 is 0. The Hall–Kier alpha value is -3.71. The van der Waals surface area contributed by atoms with E-state index in [0.29, 0.717) is 0 Å². The van der Waals surface area contributed by atoms with Gasteiger partial charge in [-0.3, -0.25) is 4.79 Å². The molecular formula is C26H28O16. The third kappa shape index (κ3) is 5.31. The van der Waals surface area contributed by atoms with Gasteiger partial charge in [0, 0.05) is 17.7 Å². The first-order chi connectivity index (χ1) is 19.9. The Morgan fingerprint density at radius 2 is 1.57 bits per heavy atom. The van der Waals surface area contributed by atoms with Crippen LogP contribution < -0.4 is 10.2 Å². The molecule has 3 aromatic rings. The van der Waals surface area contributed by atoms with Crippen LogP contribution in [0.15, 0.2) is 39.5 Å². The summed E-state index contributed by atoms with van der Waals surface area (Å²) in [5, 5.41) is 101. The van der Waals surface area contributed by atoms with Gasteiger partial charge in [0.15, 0.2) is 29.7 Å². The van der Waals surface area contributed by atoms with E-state index in [1.807, 2.05) is 0 Å². The van der Waals surface area contributed by atoms with Crippen LogP contribution in [-0.2, 0) is 14.2 Å². The normalized spacial score (nSPS) is 31.7. The van der Waals surface area contributed by atoms with Crippen molar-refractivity contribution >= 4 is 11.0 Å². The average molecular weight is 596 g/mol. The fourth-order valence-corrected chi connectivity index (χ4v) is 4.70. The van der Waals surface area contributed by atoms with Gasteiger partial charge in [-0.25, -0.2) is 0 Å². The number of phenolic OH excluding ortho intramolecular Hbond substituents is 4. The van der Waals surface area contributed by atoms with Crippen molar-refractivity contribution in [3.63, 3.8) is 0 Å². The molecule has 9 atom stereocenters. The average Bonchev–Trinajstić information content (AvgIpc) is 2.94. The third-order valence-corrected chi connectivity index (χ3v) is 6.96. The highest BCUT2D eigenvalue weighted by molar-refractivity contribution is 5.88. The first-order valence-corrected chi connectivity index (χ1v) is 12.6. The minimum atomic E-state index is -1.90. The van der Waals surface area contributed by atoms with Gasteiger partial charge in [0.1, 0.15) is 59.1 Å². The summed E-state index contributed by atoms with van der Waals surface area (Å²) in [5.41, 5.74) is -1.38. The number of phenols is 4. The van der Waals surface area contributed by atoms with Crippen molar-refractivity contribution in [2.24, 2.45) is 0 Å². The molecule has 42 heavy (non-hydrogen) atoms. The molecule has 0 bridgehead atoms. The number of benzene rings is 2. The van der Waals surface area contributed by atoms with E-state index in [-0.39, 0.29) is 11.1 Å². The summed E-state index contributed by atoms with van der Waals surface area (Å²) in [5.74, 6) is -3.39. The van der Waals surface area contributed by atoms with Gasteiger partial charge in [-0.05, 0) is 18.2 Å². The van der Waals surface area contributed by atoms with Crippen LogP contribution in [0, 0.1) is 0 Å². The van der Waals surface area contributed by atoms with Crippen LogP contribution in [-0.4, -0.2) is 120 Å². The lowest BCUT2D eigenvalue weighted by atomic mass is 9.98. The smallest absolute Gasteiger partial charge is 0.239 e. The quantitative estimate of drug-likeness (QED) is 0.137. The largest absolute Gasteiger partial charge is 0.508 e. The van der Waals surface area contributed by atoms with Crippen LogP contribution >= 0.6 is 0 Å². The van der Waals surface area contributed by atoms with Crippen molar-refractivity contribution in [3.8, 4) is 40.1 Å². The van der Waals surface area contributed by atoms with Crippen LogP contribution in [0.1, 0.15) is 0 Å². The summed E-state index contributed by atoms with van der Waals surface area (Å²) in [4.78, 5) is 13.7. The molecule has 0 amide bonds. The van der Waals surface area contributed by atoms with E-state index in [1.54, 1.807) is 0 Å². The van der Waals surface area contributed by atoms with Crippen LogP contribution in [0.3, 0.4) is 0 Å². The Morgan fingerprint density at radius 3 is 2.26 bits per heavy atom. The lowest BCUT2D eigenvalue weighted by molar-refractivity contribution is -0.345. The molecule has 5 rings (SSSR count). The van der Waals surface area contributed by atoms with Crippen LogP contribution in [0.2, 0.25) is 0 Å². The second-order valence-electron chi connectivity index (χ2n) is 9.81. The zero-order chi connectivity index (χ0) is 30.5. The van der Waals surface area contributed by atoms with E-state index >= 15 is 0 Å². The maximum Gasteiger partial charge on any atom is 0.239 e. The molecule has 3 heterocycles. The first kappa shape index (κ1) is 29.8. The molecular weight excluding hydrogens is 568 g/mol. The van der Waals surface area contributed by atoms with Crippen molar-refractivity contribution in [1.82, 2.24) is 0 Å². The van der Waals surface area contributed by atoms with Gasteiger partial charge >= 0.3 is 0 Å². The minimum absolute atomic E-state index is 0.0437. The molecule has 0 aliphatic carbocycles. The zero-order valence-electron chi connectivity index (χ0n) is 21.4. The van der Waals surface area contributed by atoms with E-state index in [0.717, 1.165) is 24.3 Å². The highest BCUT2D eigenvalue weighted by atomic mass is 16.8. The van der Waals surface area contributed by atoms with Crippen molar-refractivity contribution < 1.29 is 74.4 Å². The van der Waals surface area contributed by atoms with Gasteiger partial charge in [0.05, 0.1) is 13.2 Å². The van der Waals surface area contributed by atoms with Gasteiger partial charge < -0.3 is 74.4 Å². The molecule has 2 aromatic carbocycles. The number of hydrogen-bond donors (Lipinski definition) is 10. The summed E-state index contributed by atoms with van der Waals surface area (Å²) in [6.45, 7) is -1.31. The monoisotopic (exact) mass is 596 g/mol. The van der Waals surface area contributed by atoms with Gasteiger partial charge in [-0.1, -0.05) is 0 Å². The van der Waals surface area contributed by atoms with Gasteiger partial charge in [-0.15, -0.1) is 0 Å². The second kappa shape index (κ2) is 11.5. The first-order valence-electron chi connectivity index (χ1n) is 12.6. The van der Waals surface area contributed by atoms with E-state index in [1.165, 1.54) is 6.07 Å². The number of aromatic hydroxyl groups is 4. The maximum absolute atomic E-state index is 13.7. The molecule has 16 nitrogen and oxygen atoms in total. The number of aliphatic hydroxyl groups excluding tert-OH is 6. The lowest BCUT2D eigenvalue weighted by Crippen LogP contribution is -2.64. The molecule has 228 valence electrons. The SMILES string of the molecule is O=c1c(O[C@@H]2O[C@H](CO)[C@H](O)[C@H](O)[C@H]2O[C@H]2OC[C@@H](O)[C@H](O)[C@H]2O)c(-c2ccc(O)c(O)c2)oc2cc(O)cc(O)c12. The number of aliphatic hydroxyl groups is 6. The Kier molecular flexibility index (Phi) is 8.17. The zero-order valence-corrected chi connectivity index (χ0v) is 21.4. The van der Waals surface area contributed by atoms with E-state index in [4.69, 9.17) is 23.4 Å². The van der Waals surface area contributed by atoms with Crippen molar-refractivity contribution in [2.75, 3.05) is 13.2 Å². The summed E-state index contributed by atoms with van der Waals surface area (Å²) in [6.07, 6.45) is -15.5. The molecule has 2 aliphatic heterocycles. The highest BCUT2D eigenvalue weighted by Crippen LogP contribution is 2.40. The predicted octanol–water partition coefficient (Wildman–Crippen LogP) is -2.08. The van der Waals surface area contributed by atoms with Crippen LogP contribution in [0.5, 0.6) is 28.7 Å². The summed E-state index contributed by atoms with van der Waals surface area (Å²) in [7, 11) is 0. The molecule has 10 N–H and O–H groups in total. The van der Waals surface area contributed by atoms with E-state index in [9.17, 15) is 55.9 Å². The molecule has 1 aromatic heterocycles. The standard InChI is InChI=1S/C26H28O16/c27-6-15-18(34)20(36)24(42-25-21(37)17(33)13(32)7-38-25)26(40-15)41-23-19(35)16-12(31)4-9(28)5-14(16)39-22(23)8-1-2-10(29)11(30)3-8/h1-5,13,15,17-18,20-21,24-34,36-37H,6-7H2/t13-,15-,17+,18+,20+,21-,24-,25-,26+/m1/s1. The fourth-order valence-electron chi connectivity index (χ4n) is 4.70. The molecule has 16 heteroatoms. The molecule has 0 spiro atoms. The fraction of sp³-hybridized carbons (Fsp3) is 0.423. The van der Waals surface area contributed by atoms with E-state index in [2.05, 4.69) is 0 Å². The number of rotatable bonds is 6. The van der Waals surface area contributed by atoms with Gasteiger partial charge in [0.2, 0.25) is 17.5 Å². The maximum atomic E-state index is 13.7. The Morgan fingerprint density at radius 1 is 0.833 bits per heavy atom. The Labute approximate surface area is 235 Å². The molecule has 2 fully saturated rings. The molecule has 2 aliphatic rings. The number of ether oxygens (including phenoxy) is 4. The van der Waals surface area contributed by atoms with E-state index < -0.39 is 114 Å². The topological polar surface area (TPSA) is 269 Å². The van der Waals surface area contributed by atoms with Gasteiger partial charge in [0.25, 0.3) is 0 Å². The molecule has 0 unspecified atom stereocenters. The minimum Gasteiger partial charge on any atom is -0.508 e. The van der Waals surface area contributed by atoms with Crippen LogP contribution in [0.4, 0.5) is 0 Å². The van der Waals surface area contributed by atoms with Gasteiger partial charge in [-0.2, -0.15) is 0 Å². The predicted molar refractivity (Wildman–Crippen MR) is 136 cm³/mol. The highest BCUT2D eigenvalue weighted by Gasteiger charge is 2.50.